The van der Waals surface area contributed by atoms with E-state index in [1.165, 1.54) is 0 Å². The van der Waals surface area contributed by atoms with Gasteiger partial charge in [0.25, 0.3) is 0 Å². The number of ether oxygens (including phenoxy) is 1. The number of methoxy groups -OCH3 is 1. The number of rotatable bonds is 6. The SMILES string of the molecule is COc1ccc(CN(C(=O)/C=C/c2c(C)nn(C)c2Cl)C2CC2)cc1. The van der Waals surface area contributed by atoms with Gasteiger partial charge in [-0.25, -0.2) is 0 Å². The molecule has 0 unspecified atom stereocenters. The van der Waals surface area contributed by atoms with Crippen molar-refractivity contribution >= 4 is 23.6 Å². The highest BCUT2D eigenvalue weighted by Crippen LogP contribution is 2.29. The maximum Gasteiger partial charge on any atom is 0.247 e. The van der Waals surface area contributed by atoms with Crippen LogP contribution >= 0.6 is 11.6 Å². The number of halogens is 1. The summed E-state index contributed by atoms with van der Waals surface area (Å²) in [7, 11) is 3.43. The zero-order chi connectivity index (χ0) is 18.0. The van der Waals surface area contributed by atoms with Crippen LogP contribution in [0.25, 0.3) is 6.08 Å². The van der Waals surface area contributed by atoms with E-state index in [1.807, 2.05) is 36.1 Å². The molecule has 1 heterocycles. The molecule has 1 aromatic carbocycles. The Labute approximate surface area is 152 Å². The predicted octanol–water partition coefficient (Wildman–Crippen LogP) is 3.59. The lowest BCUT2D eigenvalue weighted by Gasteiger charge is -2.21. The fourth-order valence-corrected chi connectivity index (χ4v) is 3.02. The third kappa shape index (κ3) is 4.04. The Morgan fingerprint density at radius 1 is 1.40 bits per heavy atom. The fourth-order valence-electron chi connectivity index (χ4n) is 2.79. The van der Waals surface area contributed by atoms with Gasteiger partial charge in [0.2, 0.25) is 5.91 Å². The first-order valence-electron chi connectivity index (χ1n) is 8.30. The molecule has 5 nitrogen and oxygen atoms in total. The van der Waals surface area contributed by atoms with Crippen LogP contribution in [0.15, 0.2) is 30.3 Å². The Morgan fingerprint density at radius 3 is 2.60 bits per heavy atom. The molecule has 1 aliphatic rings. The molecule has 0 radical (unpaired) electrons. The maximum atomic E-state index is 12.7. The van der Waals surface area contributed by atoms with E-state index < -0.39 is 0 Å². The summed E-state index contributed by atoms with van der Waals surface area (Å²) < 4.78 is 6.79. The molecule has 0 bridgehead atoms. The van der Waals surface area contributed by atoms with E-state index in [4.69, 9.17) is 16.3 Å². The van der Waals surface area contributed by atoms with Crippen molar-refractivity contribution in [1.29, 1.82) is 0 Å². The normalized spacial score (nSPS) is 14.1. The molecule has 3 rings (SSSR count). The van der Waals surface area contributed by atoms with Crippen LogP contribution in [-0.4, -0.2) is 33.7 Å². The second kappa shape index (κ2) is 7.31. The van der Waals surface area contributed by atoms with Gasteiger partial charge < -0.3 is 9.64 Å². The number of amides is 1. The molecule has 0 spiro atoms. The third-order valence-electron chi connectivity index (χ3n) is 4.37. The van der Waals surface area contributed by atoms with Crippen molar-refractivity contribution in [3.05, 3.63) is 52.3 Å². The summed E-state index contributed by atoms with van der Waals surface area (Å²) in [5.74, 6) is 0.812. The van der Waals surface area contributed by atoms with Crippen LogP contribution in [0, 0.1) is 6.92 Å². The first-order valence-corrected chi connectivity index (χ1v) is 8.68. The van der Waals surface area contributed by atoms with Gasteiger partial charge in [0.1, 0.15) is 10.9 Å². The number of carbonyl (C=O) groups excluding carboxylic acids is 1. The zero-order valence-corrected chi connectivity index (χ0v) is 15.5. The molecule has 2 aromatic rings. The summed E-state index contributed by atoms with van der Waals surface area (Å²) in [6, 6.07) is 8.14. The average Bonchev–Trinajstić information content (AvgIpc) is 3.41. The van der Waals surface area contributed by atoms with Crippen LogP contribution in [0.5, 0.6) is 5.75 Å². The Kier molecular flexibility index (Phi) is 5.13. The van der Waals surface area contributed by atoms with Crippen molar-refractivity contribution in [2.24, 2.45) is 7.05 Å². The van der Waals surface area contributed by atoms with Crippen molar-refractivity contribution in [2.75, 3.05) is 7.11 Å². The van der Waals surface area contributed by atoms with Crippen molar-refractivity contribution < 1.29 is 9.53 Å². The zero-order valence-electron chi connectivity index (χ0n) is 14.7. The van der Waals surface area contributed by atoms with Gasteiger partial charge in [-0.1, -0.05) is 23.7 Å². The molecule has 1 aromatic heterocycles. The molecule has 6 heteroatoms. The molecule has 0 aliphatic heterocycles. The van der Waals surface area contributed by atoms with E-state index in [9.17, 15) is 4.79 Å². The second-order valence-electron chi connectivity index (χ2n) is 6.29. The van der Waals surface area contributed by atoms with Gasteiger partial charge in [0.15, 0.2) is 0 Å². The Morgan fingerprint density at radius 2 is 2.08 bits per heavy atom. The van der Waals surface area contributed by atoms with Gasteiger partial charge in [-0.15, -0.1) is 0 Å². The molecule has 0 saturated heterocycles. The average molecular weight is 360 g/mol. The maximum absolute atomic E-state index is 12.7. The predicted molar refractivity (Wildman–Crippen MR) is 98.6 cm³/mol. The van der Waals surface area contributed by atoms with Crippen molar-refractivity contribution in [1.82, 2.24) is 14.7 Å². The molecule has 1 aliphatic carbocycles. The monoisotopic (exact) mass is 359 g/mol. The Balaban J connectivity index is 1.73. The summed E-state index contributed by atoms with van der Waals surface area (Å²) in [6.45, 7) is 2.48. The number of aromatic nitrogens is 2. The van der Waals surface area contributed by atoms with Crippen LogP contribution in [0.1, 0.15) is 29.7 Å². The van der Waals surface area contributed by atoms with E-state index in [1.54, 1.807) is 31.0 Å². The van der Waals surface area contributed by atoms with Crippen LogP contribution in [0.3, 0.4) is 0 Å². The van der Waals surface area contributed by atoms with Crippen LogP contribution < -0.4 is 4.74 Å². The summed E-state index contributed by atoms with van der Waals surface area (Å²) >= 11 is 6.22. The van der Waals surface area contributed by atoms with E-state index in [-0.39, 0.29) is 5.91 Å². The van der Waals surface area contributed by atoms with Crippen LogP contribution in [0.2, 0.25) is 5.15 Å². The molecule has 1 amide bonds. The lowest BCUT2D eigenvalue weighted by atomic mass is 10.2. The molecule has 0 N–H and O–H groups in total. The number of aryl methyl sites for hydroxylation is 2. The van der Waals surface area contributed by atoms with E-state index in [0.717, 1.165) is 35.4 Å². The minimum atomic E-state index is -0.00219. The lowest BCUT2D eigenvalue weighted by molar-refractivity contribution is -0.127. The number of carbonyl (C=O) groups is 1. The van der Waals surface area contributed by atoms with Crippen molar-refractivity contribution in [3.63, 3.8) is 0 Å². The highest BCUT2D eigenvalue weighted by molar-refractivity contribution is 6.31. The minimum absolute atomic E-state index is 0.00219. The standard InChI is InChI=1S/C19H22ClN3O2/c1-13-17(19(20)22(2)21-13)10-11-18(24)23(15-6-7-15)12-14-4-8-16(25-3)9-5-14/h4-5,8-11,15H,6-7,12H2,1-3H3/b11-10+. The molecule has 25 heavy (non-hydrogen) atoms. The number of nitrogens with zero attached hydrogens (tertiary/aromatic N) is 3. The van der Waals surface area contributed by atoms with E-state index >= 15 is 0 Å². The van der Waals surface area contributed by atoms with Gasteiger partial charge in [-0.2, -0.15) is 5.10 Å². The van der Waals surface area contributed by atoms with Gasteiger partial charge in [-0.05, 0) is 43.5 Å². The van der Waals surface area contributed by atoms with E-state index in [2.05, 4.69) is 5.10 Å². The molecule has 1 fully saturated rings. The number of hydrogen-bond acceptors (Lipinski definition) is 3. The van der Waals surface area contributed by atoms with Gasteiger partial charge >= 0.3 is 0 Å². The topological polar surface area (TPSA) is 47.4 Å². The third-order valence-corrected chi connectivity index (χ3v) is 4.82. The summed E-state index contributed by atoms with van der Waals surface area (Å²) in [6.07, 6.45) is 5.47. The Bertz CT molecular complexity index is 792. The largest absolute Gasteiger partial charge is 0.497 e. The van der Waals surface area contributed by atoms with Crippen molar-refractivity contribution in [3.8, 4) is 5.75 Å². The highest BCUT2D eigenvalue weighted by atomic mass is 35.5. The van der Waals surface area contributed by atoms with Gasteiger partial charge in [0, 0.05) is 31.3 Å². The molecule has 0 atom stereocenters. The van der Waals surface area contributed by atoms with Crippen LogP contribution in [-0.2, 0) is 18.4 Å². The quantitative estimate of drug-likeness (QED) is 0.740. The van der Waals surface area contributed by atoms with Crippen molar-refractivity contribution in [2.45, 2.75) is 32.4 Å². The number of benzene rings is 1. The first-order chi connectivity index (χ1) is 12.0. The summed E-state index contributed by atoms with van der Waals surface area (Å²) in [5, 5.41) is 4.80. The highest BCUT2D eigenvalue weighted by Gasteiger charge is 2.31. The summed E-state index contributed by atoms with van der Waals surface area (Å²) in [4.78, 5) is 14.6. The van der Waals surface area contributed by atoms with Gasteiger partial charge in [0.05, 0.1) is 12.8 Å². The Hall–Kier alpha value is -2.27. The van der Waals surface area contributed by atoms with Crippen LogP contribution in [0.4, 0.5) is 0 Å². The lowest BCUT2D eigenvalue weighted by Crippen LogP contribution is -2.31. The molecule has 1 saturated carbocycles. The van der Waals surface area contributed by atoms with Gasteiger partial charge in [-0.3, -0.25) is 9.48 Å². The molecule has 132 valence electrons. The summed E-state index contributed by atoms with van der Waals surface area (Å²) in [5.41, 5.74) is 2.69. The number of hydrogen-bond donors (Lipinski definition) is 0. The first kappa shape index (κ1) is 17.5. The fraction of sp³-hybridized carbons (Fsp3) is 0.368. The minimum Gasteiger partial charge on any atom is -0.497 e. The van der Waals surface area contributed by atoms with E-state index in [0.29, 0.717) is 17.7 Å². The molecular weight excluding hydrogens is 338 g/mol. The molecular formula is C19H22ClN3O2. The second-order valence-corrected chi connectivity index (χ2v) is 6.65. The smallest absolute Gasteiger partial charge is 0.247 e.